The molecule has 9 heteroatoms. The van der Waals surface area contributed by atoms with Gasteiger partial charge in [-0.3, -0.25) is 4.90 Å². The van der Waals surface area contributed by atoms with Crippen LogP contribution in [-0.2, 0) is 13.0 Å². The van der Waals surface area contributed by atoms with Crippen molar-refractivity contribution < 1.29 is 14.2 Å². The normalized spacial score (nSPS) is 27.0. The van der Waals surface area contributed by atoms with Gasteiger partial charge in [-0.15, -0.1) is 0 Å². The van der Waals surface area contributed by atoms with E-state index in [1.54, 1.807) is 7.11 Å². The fraction of sp³-hybridized carbons (Fsp3) is 0.562. The lowest BCUT2D eigenvalue weighted by molar-refractivity contribution is 0.292. The first kappa shape index (κ1) is 26.7. The third-order valence-electron chi connectivity index (χ3n) is 9.67. The number of benzene rings is 2. The lowest BCUT2D eigenvalue weighted by Crippen LogP contribution is -2.52. The maximum atomic E-state index is 12.6. The number of piperazine rings is 1. The number of aromatic hydroxyl groups is 1. The second kappa shape index (κ2) is 10.9. The van der Waals surface area contributed by atoms with Crippen LogP contribution in [0.4, 0.5) is 15.9 Å². The first-order valence-electron chi connectivity index (χ1n) is 15.3. The van der Waals surface area contributed by atoms with Gasteiger partial charge in [0.15, 0.2) is 0 Å². The fourth-order valence-corrected chi connectivity index (χ4v) is 7.77. The lowest BCUT2D eigenvalue weighted by atomic mass is 9.99. The van der Waals surface area contributed by atoms with E-state index in [1.165, 1.54) is 42.2 Å². The van der Waals surface area contributed by atoms with Crippen LogP contribution >= 0.6 is 0 Å². The fourth-order valence-electron chi connectivity index (χ4n) is 7.77. The molecule has 0 saturated carbocycles. The number of methoxy groups -OCH3 is 1. The van der Waals surface area contributed by atoms with Crippen LogP contribution in [0.5, 0.6) is 11.8 Å². The molecule has 5 aliphatic rings. The van der Waals surface area contributed by atoms with Crippen LogP contribution in [0.3, 0.4) is 0 Å². The molecule has 5 aliphatic heterocycles. The molecular formula is C32H41FN6O2. The van der Waals surface area contributed by atoms with Gasteiger partial charge in [-0.2, -0.15) is 9.97 Å². The summed E-state index contributed by atoms with van der Waals surface area (Å²) in [5.41, 5.74) is 4.53. The Kier molecular flexibility index (Phi) is 7.11. The summed E-state index contributed by atoms with van der Waals surface area (Å²) in [5.74, 6) is 1.34. The van der Waals surface area contributed by atoms with Gasteiger partial charge in [0.2, 0.25) is 0 Å². The molecule has 4 saturated heterocycles. The predicted octanol–water partition coefficient (Wildman–Crippen LogP) is 4.35. The van der Waals surface area contributed by atoms with Crippen molar-refractivity contribution in [3.8, 4) is 11.8 Å². The highest BCUT2D eigenvalue weighted by molar-refractivity contribution is 5.98. The van der Waals surface area contributed by atoms with E-state index in [1.807, 2.05) is 18.2 Å². The number of fused-ring (bicyclic) bond motifs is 5. The Morgan fingerprint density at radius 3 is 2.63 bits per heavy atom. The Morgan fingerprint density at radius 1 is 1.02 bits per heavy atom. The topological polar surface area (TPSA) is 77.0 Å². The minimum atomic E-state index is -0.518. The van der Waals surface area contributed by atoms with Crippen LogP contribution < -0.4 is 19.9 Å². The van der Waals surface area contributed by atoms with Crippen LogP contribution in [0.25, 0.3) is 10.8 Å². The van der Waals surface area contributed by atoms with E-state index >= 15 is 0 Å². The molecule has 0 amide bonds. The average molecular weight is 561 g/mol. The Balaban J connectivity index is 0.000000260. The number of halogens is 1. The monoisotopic (exact) mass is 560 g/mol. The summed E-state index contributed by atoms with van der Waals surface area (Å²) in [4.78, 5) is 16.6. The molecule has 2 bridgehead atoms. The maximum absolute atomic E-state index is 12.6. The molecule has 41 heavy (non-hydrogen) atoms. The quantitative estimate of drug-likeness (QED) is 0.490. The van der Waals surface area contributed by atoms with Gasteiger partial charge in [0.05, 0.1) is 19.3 Å². The number of alkyl halides is 1. The van der Waals surface area contributed by atoms with Crippen LogP contribution in [0.15, 0.2) is 30.3 Å². The highest BCUT2D eigenvalue weighted by atomic mass is 19.1. The Morgan fingerprint density at radius 2 is 1.85 bits per heavy atom. The van der Waals surface area contributed by atoms with Gasteiger partial charge >= 0.3 is 6.01 Å². The van der Waals surface area contributed by atoms with E-state index in [0.717, 1.165) is 61.6 Å². The third kappa shape index (κ3) is 5.18. The molecule has 0 spiro atoms. The standard InChI is InChI=1S/C25H29N5O2.C7H12FN/c1-15-4-3-5-16-10-19(31)11-22(23(15)16)29-9-8-20-21(14-29)27-25(32-2)28-24(20)30-12-17-6-7-18(13-30)26-17;8-6-4-7-2-1-3-9(7)5-6/h3-5,10-11,17-18,26,31H,6-9,12-14H2,1-2H3;6-7H,1-5H2. The summed E-state index contributed by atoms with van der Waals surface area (Å²) >= 11 is 0. The highest BCUT2D eigenvalue weighted by Gasteiger charge is 2.36. The van der Waals surface area contributed by atoms with E-state index in [-0.39, 0.29) is 0 Å². The number of rotatable bonds is 3. The number of nitrogens with one attached hydrogen (secondary N) is 1. The second-order valence-electron chi connectivity index (χ2n) is 12.4. The summed E-state index contributed by atoms with van der Waals surface area (Å²) in [6.07, 6.45) is 6.16. The molecule has 0 aliphatic carbocycles. The van der Waals surface area contributed by atoms with E-state index in [2.05, 4.69) is 39.1 Å². The Labute approximate surface area is 241 Å². The van der Waals surface area contributed by atoms with Crippen LogP contribution in [0.1, 0.15) is 48.9 Å². The molecule has 0 radical (unpaired) electrons. The predicted molar refractivity (Wildman–Crippen MR) is 160 cm³/mol. The van der Waals surface area contributed by atoms with Crippen molar-refractivity contribution in [2.75, 3.05) is 49.6 Å². The summed E-state index contributed by atoms with van der Waals surface area (Å²) < 4.78 is 18.1. The molecule has 1 aromatic heterocycles. The zero-order valence-electron chi connectivity index (χ0n) is 24.2. The number of hydrogen-bond donors (Lipinski definition) is 2. The SMILES string of the molecule is COc1nc2c(c(N3CC4CCC(C3)N4)n1)CCN(c1cc(O)cc3cccc(C)c13)C2.FC1CC2CCCN2C1. The molecule has 4 unspecified atom stereocenters. The van der Waals surface area contributed by atoms with E-state index in [0.29, 0.717) is 43.0 Å². The number of hydrogen-bond acceptors (Lipinski definition) is 8. The number of phenols is 1. The molecule has 8 rings (SSSR count). The molecule has 218 valence electrons. The summed E-state index contributed by atoms with van der Waals surface area (Å²) in [6, 6.07) is 12.1. The number of aryl methyl sites for hydroxylation is 1. The van der Waals surface area contributed by atoms with Crippen molar-refractivity contribution in [2.45, 2.75) is 76.3 Å². The summed E-state index contributed by atoms with van der Waals surface area (Å²) in [6.45, 7) is 7.50. The molecule has 6 heterocycles. The van der Waals surface area contributed by atoms with E-state index in [4.69, 9.17) is 14.7 Å². The first-order chi connectivity index (χ1) is 19.9. The van der Waals surface area contributed by atoms with E-state index < -0.39 is 6.17 Å². The number of anilines is 2. The minimum Gasteiger partial charge on any atom is -0.508 e. The second-order valence-corrected chi connectivity index (χ2v) is 12.4. The first-order valence-corrected chi connectivity index (χ1v) is 15.3. The number of aromatic nitrogens is 2. The van der Waals surface area contributed by atoms with Gasteiger partial charge in [0.25, 0.3) is 0 Å². The largest absolute Gasteiger partial charge is 0.508 e. The van der Waals surface area contributed by atoms with Gasteiger partial charge in [0.1, 0.15) is 17.7 Å². The summed E-state index contributed by atoms with van der Waals surface area (Å²) in [5, 5.41) is 16.3. The zero-order chi connectivity index (χ0) is 28.1. The molecule has 2 aromatic carbocycles. The van der Waals surface area contributed by atoms with Gasteiger partial charge in [-0.25, -0.2) is 4.39 Å². The Bertz CT molecular complexity index is 1410. The smallest absolute Gasteiger partial charge is 0.318 e. The molecule has 2 N–H and O–H groups in total. The molecule has 4 atom stereocenters. The zero-order valence-corrected chi connectivity index (χ0v) is 24.2. The lowest BCUT2D eigenvalue weighted by Gasteiger charge is -2.37. The summed E-state index contributed by atoms with van der Waals surface area (Å²) in [7, 11) is 1.64. The molecule has 4 fully saturated rings. The number of ether oxygens (including phenoxy) is 1. The van der Waals surface area contributed by atoms with Gasteiger partial charge in [0, 0.05) is 67.0 Å². The van der Waals surface area contributed by atoms with E-state index in [9.17, 15) is 9.50 Å². The highest BCUT2D eigenvalue weighted by Crippen LogP contribution is 2.38. The van der Waals surface area contributed by atoms with Gasteiger partial charge < -0.3 is 25.0 Å². The average Bonchev–Trinajstić information content (AvgIpc) is 3.65. The van der Waals surface area contributed by atoms with Crippen molar-refractivity contribution in [2.24, 2.45) is 0 Å². The van der Waals surface area contributed by atoms with Crippen LogP contribution in [0, 0.1) is 6.92 Å². The molecule has 8 nitrogen and oxygen atoms in total. The van der Waals surface area contributed by atoms with Crippen molar-refractivity contribution in [3.63, 3.8) is 0 Å². The van der Waals surface area contributed by atoms with Crippen molar-refractivity contribution >= 4 is 22.3 Å². The van der Waals surface area contributed by atoms with Crippen LogP contribution in [-0.4, -0.2) is 84.1 Å². The van der Waals surface area contributed by atoms with Gasteiger partial charge in [-0.05, 0) is 69.0 Å². The van der Waals surface area contributed by atoms with Crippen molar-refractivity contribution in [1.29, 1.82) is 0 Å². The van der Waals surface area contributed by atoms with Crippen LogP contribution in [0.2, 0.25) is 0 Å². The number of nitrogens with zero attached hydrogens (tertiary/aromatic N) is 5. The molecule has 3 aromatic rings. The number of phenolic OH excluding ortho intramolecular Hbond substituents is 1. The maximum Gasteiger partial charge on any atom is 0.318 e. The van der Waals surface area contributed by atoms with Gasteiger partial charge in [-0.1, -0.05) is 18.2 Å². The van der Waals surface area contributed by atoms with Crippen molar-refractivity contribution in [3.05, 3.63) is 47.2 Å². The third-order valence-corrected chi connectivity index (χ3v) is 9.67. The Hall–Kier alpha value is -3.17. The molecular weight excluding hydrogens is 519 g/mol. The minimum absolute atomic E-state index is 0.293. The van der Waals surface area contributed by atoms with Crippen molar-refractivity contribution in [1.82, 2.24) is 20.2 Å².